The summed E-state index contributed by atoms with van der Waals surface area (Å²) < 4.78 is 2.40. The molecule has 79 heavy (non-hydrogen) atoms. The Morgan fingerprint density at radius 2 is 0.722 bits per heavy atom. The number of fused-ring (bicyclic) bond motifs is 7. The summed E-state index contributed by atoms with van der Waals surface area (Å²) in [6.07, 6.45) is 0. The van der Waals surface area contributed by atoms with E-state index in [9.17, 15) is 0 Å². The second-order valence-corrected chi connectivity index (χ2v) is 20.8. The molecule has 0 radical (unpaired) electrons. The van der Waals surface area contributed by atoms with Crippen molar-refractivity contribution in [2.75, 3.05) is 4.90 Å². The lowest BCUT2D eigenvalue weighted by atomic mass is 9.68. The van der Waals surface area contributed by atoms with Gasteiger partial charge in [0.05, 0.1) is 22.1 Å². The van der Waals surface area contributed by atoms with Crippen LogP contribution in [0.4, 0.5) is 17.1 Å². The van der Waals surface area contributed by atoms with E-state index in [1.54, 1.807) is 0 Å². The molecule has 0 aliphatic heterocycles. The highest BCUT2D eigenvalue weighted by Gasteiger charge is 2.47. The lowest BCUT2D eigenvalue weighted by Gasteiger charge is -2.34. The van der Waals surface area contributed by atoms with Crippen molar-refractivity contribution in [3.05, 3.63) is 338 Å². The van der Waals surface area contributed by atoms with Crippen LogP contribution in [0.2, 0.25) is 0 Å². The first-order valence-corrected chi connectivity index (χ1v) is 27.3. The average molecular weight is 1010 g/mol. The van der Waals surface area contributed by atoms with Gasteiger partial charge in [-0.3, -0.25) is 0 Å². The van der Waals surface area contributed by atoms with Crippen LogP contribution in [0.3, 0.4) is 0 Å². The summed E-state index contributed by atoms with van der Waals surface area (Å²) >= 11 is 0. The van der Waals surface area contributed by atoms with Gasteiger partial charge < -0.3 is 9.47 Å². The summed E-state index contributed by atoms with van der Waals surface area (Å²) in [5.41, 5.74) is 23.3. The molecule has 0 unspecified atom stereocenters. The Labute approximate surface area is 461 Å². The van der Waals surface area contributed by atoms with Crippen LogP contribution in [0.15, 0.2) is 315 Å². The normalized spacial score (nSPS) is 12.4. The number of anilines is 3. The van der Waals surface area contributed by atoms with E-state index in [0.717, 1.165) is 39.4 Å². The molecule has 2 nitrogen and oxygen atoms in total. The largest absolute Gasteiger partial charge is 0.310 e. The molecule has 0 spiro atoms. The maximum Gasteiger partial charge on any atom is 0.0714 e. The van der Waals surface area contributed by atoms with E-state index in [-0.39, 0.29) is 0 Å². The minimum atomic E-state index is -0.533. The van der Waals surface area contributed by atoms with Gasteiger partial charge in [-0.1, -0.05) is 249 Å². The molecule has 13 aromatic carbocycles. The van der Waals surface area contributed by atoms with Crippen molar-refractivity contribution in [2.45, 2.75) is 5.41 Å². The van der Waals surface area contributed by atoms with Gasteiger partial charge in [-0.15, -0.1) is 0 Å². The molecular weight excluding hydrogens is 953 g/mol. The third kappa shape index (κ3) is 7.71. The molecule has 15 rings (SSSR count). The van der Waals surface area contributed by atoms with Crippen LogP contribution in [0, 0.1) is 0 Å². The molecule has 2 heteroatoms. The van der Waals surface area contributed by atoms with Crippen molar-refractivity contribution in [1.29, 1.82) is 0 Å². The van der Waals surface area contributed by atoms with Gasteiger partial charge in [0, 0.05) is 33.4 Å². The Morgan fingerprint density at radius 1 is 0.278 bits per heavy atom. The number of benzene rings is 13. The van der Waals surface area contributed by atoms with Crippen LogP contribution >= 0.6 is 0 Å². The maximum atomic E-state index is 2.47. The van der Waals surface area contributed by atoms with Crippen molar-refractivity contribution in [2.24, 2.45) is 0 Å². The van der Waals surface area contributed by atoms with Gasteiger partial charge in [0.1, 0.15) is 0 Å². The van der Waals surface area contributed by atoms with Gasteiger partial charge in [0.25, 0.3) is 0 Å². The van der Waals surface area contributed by atoms with Crippen molar-refractivity contribution >= 4 is 49.6 Å². The zero-order valence-corrected chi connectivity index (χ0v) is 43.4. The predicted molar refractivity (Wildman–Crippen MR) is 332 cm³/mol. The van der Waals surface area contributed by atoms with Crippen molar-refractivity contribution in [1.82, 2.24) is 4.57 Å². The molecule has 0 bridgehead atoms. The molecule has 0 saturated carbocycles. The summed E-state index contributed by atoms with van der Waals surface area (Å²) in [6.45, 7) is 0. The summed E-state index contributed by atoms with van der Waals surface area (Å²) in [5.74, 6) is 0. The van der Waals surface area contributed by atoms with Gasteiger partial charge in [-0.25, -0.2) is 0 Å². The molecule has 0 atom stereocenters. The predicted octanol–water partition coefficient (Wildman–Crippen LogP) is 20.4. The summed E-state index contributed by atoms with van der Waals surface area (Å²) in [5, 5.41) is 5.02. The highest BCUT2D eigenvalue weighted by molar-refractivity contribution is 6.09. The number of para-hydroxylation sites is 2. The summed E-state index contributed by atoms with van der Waals surface area (Å²) in [6, 6.07) is 116. The van der Waals surface area contributed by atoms with Gasteiger partial charge in [0.15, 0.2) is 0 Å². The summed E-state index contributed by atoms with van der Waals surface area (Å²) in [4.78, 5) is 2.47. The molecule has 0 amide bonds. The number of aromatic nitrogens is 1. The number of rotatable bonds is 10. The second-order valence-electron chi connectivity index (χ2n) is 20.8. The SMILES string of the molecule is c1ccc(C2(c3ccccc3)c3ccccc3-c3c(N(c4ccc(-c5ccc(-c6cccc(-c7ccc8ccccc8c7)c6)cc5)cc4)c4ccc(-c5cccc(-n6c7ccccc7c7ccccc76)c5)cc4)cccc32)cc1. The first kappa shape index (κ1) is 46.1. The minimum absolute atomic E-state index is 0.533. The van der Waals surface area contributed by atoms with Crippen molar-refractivity contribution in [3.63, 3.8) is 0 Å². The Kier molecular flexibility index (Phi) is 11.1. The first-order valence-electron chi connectivity index (χ1n) is 27.3. The van der Waals surface area contributed by atoms with E-state index in [0.29, 0.717) is 0 Å². The van der Waals surface area contributed by atoms with Gasteiger partial charge >= 0.3 is 0 Å². The maximum absolute atomic E-state index is 2.47. The van der Waals surface area contributed by atoms with Crippen molar-refractivity contribution in [3.8, 4) is 61.3 Å². The molecule has 1 aliphatic rings. The third-order valence-corrected chi connectivity index (χ3v) is 16.5. The zero-order valence-electron chi connectivity index (χ0n) is 43.4. The second kappa shape index (κ2) is 19.1. The van der Waals surface area contributed by atoms with Gasteiger partial charge in [0.2, 0.25) is 0 Å². The number of nitrogens with zero attached hydrogens (tertiary/aromatic N) is 2. The van der Waals surface area contributed by atoms with E-state index in [1.807, 2.05) is 0 Å². The van der Waals surface area contributed by atoms with Gasteiger partial charge in [-0.05, 0) is 150 Å². The number of hydrogen-bond acceptors (Lipinski definition) is 1. The van der Waals surface area contributed by atoms with Gasteiger partial charge in [-0.2, -0.15) is 0 Å². The molecule has 1 aromatic heterocycles. The van der Waals surface area contributed by atoms with Crippen LogP contribution in [-0.4, -0.2) is 4.57 Å². The molecule has 0 N–H and O–H groups in total. The molecule has 370 valence electrons. The fourth-order valence-electron chi connectivity index (χ4n) is 12.8. The van der Waals surface area contributed by atoms with Crippen LogP contribution < -0.4 is 4.90 Å². The smallest absolute Gasteiger partial charge is 0.0714 e. The van der Waals surface area contributed by atoms with E-state index < -0.39 is 5.41 Å². The lowest BCUT2D eigenvalue weighted by molar-refractivity contribution is 0.768. The molecule has 1 heterocycles. The summed E-state index contributed by atoms with van der Waals surface area (Å²) in [7, 11) is 0. The Hall–Kier alpha value is -10.3. The Bertz CT molecular complexity index is 4480. The van der Waals surface area contributed by atoms with Crippen LogP contribution in [0.5, 0.6) is 0 Å². The lowest BCUT2D eigenvalue weighted by Crippen LogP contribution is -2.28. The van der Waals surface area contributed by atoms with E-state index >= 15 is 0 Å². The average Bonchev–Trinajstić information content (AvgIpc) is 4.11. The minimum Gasteiger partial charge on any atom is -0.310 e. The van der Waals surface area contributed by atoms with E-state index in [2.05, 4.69) is 325 Å². The van der Waals surface area contributed by atoms with E-state index in [1.165, 1.54) is 93.8 Å². The zero-order chi connectivity index (χ0) is 52.3. The van der Waals surface area contributed by atoms with Crippen LogP contribution in [0.25, 0.3) is 93.9 Å². The fourth-order valence-corrected chi connectivity index (χ4v) is 12.8. The topological polar surface area (TPSA) is 8.17 Å². The third-order valence-electron chi connectivity index (χ3n) is 16.5. The Morgan fingerprint density at radius 3 is 1.35 bits per heavy atom. The molecular formula is C77H52N2. The Balaban J connectivity index is 0.832. The monoisotopic (exact) mass is 1000 g/mol. The first-order chi connectivity index (χ1) is 39.2. The molecule has 1 aliphatic carbocycles. The molecule has 0 saturated heterocycles. The van der Waals surface area contributed by atoms with Crippen LogP contribution in [0.1, 0.15) is 22.3 Å². The molecule has 0 fully saturated rings. The quantitative estimate of drug-likeness (QED) is 0.133. The van der Waals surface area contributed by atoms with E-state index in [4.69, 9.17) is 0 Å². The standard InChI is InChI=1S/C77H52N2/c1-3-23-63(24-4-1)77(64-25-5-2-6-26-64)71-31-12-9-30-70(71)76-72(77)32-17-35-75(76)78(66-48-44-57(45-49-66)61-22-16-27-67(52-61)79-73-33-13-10-28-68(73)69-29-11-14-34-74(69)79)65-46-42-55(43-47-65)54-36-38-56(39-37-54)59-20-15-21-60(50-59)62-41-40-53-18-7-8-19-58(53)51-62/h1-52H. The highest BCUT2D eigenvalue weighted by atomic mass is 15.1. The highest BCUT2D eigenvalue weighted by Crippen LogP contribution is 2.59. The molecule has 14 aromatic rings. The van der Waals surface area contributed by atoms with Crippen molar-refractivity contribution < 1.29 is 0 Å². The fraction of sp³-hybridized carbons (Fsp3) is 0.0130. The van der Waals surface area contributed by atoms with Crippen LogP contribution in [-0.2, 0) is 5.41 Å². The number of hydrogen-bond donors (Lipinski definition) is 0.